The van der Waals surface area contributed by atoms with E-state index in [9.17, 15) is 4.79 Å². The Morgan fingerprint density at radius 3 is 2.48 bits per heavy atom. The summed E-state index contributed by atoms with van der Waals surface area (Å²) in [6.07, 6.45) is 0. The van der Waals surface area contributed by atoms with E-state index in [0.29, 0.717) is 11.4 Å². The number of rotatable bonds is 7. The minimum atomic E-state index is -0.308. The van der Waals surface area contributed by atoms with Gasteiger partial charge in [-0.25, -0.2) is 0 Å². The van der Waals surface area contributed by atoms with Crippen molar-refractivity contribution >= 4 is 27.5 Å². The number of amides is 1. The molecule has 0 aliphatic rings. The Morgan fingerprint density at radius 2 is 1.83 bits per heavy atom. The molecule has 23 heavy (non-hydrogen) atoms. The minimum absolute atomic E-state index is 0.106. The van der Waals surface area contributed by atoms with E-state index in [0.717, 1.165) is 15.8 Å². The third kappa shape index (κ3) is 5.34. The van der Waals surface area contributed by atoms with Gasteiger partial charge in [0.25, 0.3) is 5.91 Å². The molecule has 0 atom stereocenters. The fourth-order valence-electron chi connectivity index (χ4n) is 1.75. The summed E-state index contributed by atoms with van der Waals surface area (Å²) >= 11 is 3.39. The molecular weight excluding hydrogens is 360 g/mol. The second kappa shape index (κ2) is 8.24. The molecule has 2 N–H and O–H groups in total. The van der Waals surface area contributed by atoms with Gasteiger partial charge in [-0.15, -0.1) is 0 Å². The Labute approximate surface area is 143 Å². The van der Waals surface area contributed by atoms with Gasteiger partial charge in [-0.1, -0.05) is 34.6 Å². The van der Waals surface area contributed by atoms with Crippen molar-refractivity contribution in [3.05, 3.63) is 65.1 Å². The van der Waals surface area contributed by atoms with E-state index in [-0.39, 0.29) is 12.5 Å². The molecule has 2 aromatic carbocycles. The van der Waals surface area contributed by atoms with Crippen LogP contribution in [0.4, 0.5) is 0 Å². The van der Waals surface area contributed by atoms with Gasteiger partial charge in [0.2, 0.25) is 0 Å². The van der Waals surface area contributed by atoms with Crippen molar-refractivity contribution in [2.75, 3.05) is 13.7 Å². The molecule has 0 radical (unpaired) electrons. The molecule has 0 fully saturated rings. The predicted molar refractivity (Wildman–Crippen MR) is 92.9 cm³/mol. The van der Waals surface area contributed by atoms with E-state index in [1.54, 1.807) is 31.4 Å². The Bertz CT molecular complexity index is 686. The fourth-order valence-corrected chi connectivity index (χ4v) is 2.15. The first-order valence-corrected chi connectivity index (χ1v) is 7.64. The standard InChI is InChI=1S/C17H17BrN2O3/c1-12(13-4-3-5-14(18)10-13)19-20-17(21)11-23-16-8-6-15(22-2)7-9-16/h3-10,19H,1,11H2,2H3,(H,20,21). The number of hydrazine groups is 1. The van der Waals surface area contributed by atoms with Crippen molar-refractivity contribution in [3.63, 3.8) is 0 Å². The molecule has 2 rings (SSSR count). The Morgan fingerprint density at radius 1 is 1.13 bits per heavy atom. The maximum atomic E-state index is 11.8. The van der Waals surface area contributed by atoms with Gasteiger partial charge < -0.3 is 9.47 Å². The SMILES string of the molecule is C=C(NNC(=O)COc1ccc(OC)cc1)c1cccc(Br)c1. The maximum absolute atomic E-state index is 11.8. The first-order chi connectivity index (χ1) is 11.1. The second-order valence-corrected chi connectivity index (χ2v) is 5.54. The molecule has 0 bridgehead atoms. The number of nitrogens with one attached hydrogen (secondary N) is 2. The van der Waals surface area contributed by atoms with Gasteiger partial charge in [0.1, 0.15) is 11.5 Å². The van der Waals surface area contributed by atoms with Gasteiger partial charge in [0.05, 0.1) is 12.8 Å². The van der Waals surface area contributed by atoms with E-state index in [1.807, 2.05) is 24.3 Å². The lowest BCUT2D eigenvalue weighted by molar-refractivity contribution is -0.123. The van der Waals surface area contributed by atoms with Crippen LogP contribution in [0.15, 0.2) is 59.6 Å². The first kappa shape index (κ1) is 16.9. The Hall–Kier alpha value is -2.47. The fraction of sp³-hybridized carbons (Fsp3) is 0.118. The normalized spacial score (nSPS) is 9.83. The summed E-state index contributed by atoms with van der Waals surface area (Å²) in [5, 5.41) is 0. The van der Waals surface area contributed by atoms with Crippen LogP contribution in [0.3, 0.4) is 0 Å². The van der Waals surface area contributed by atoms with Crippen LogP contribution in [0.2, 0.25) is 0 Å². The van der Waals surface area contributed by atoms with Gasteiger partial charge in [-0.3, -0.25) is 15.6 Å². The summed E-state index contributed by atoms with van der Waals surface area (Å²) in [6, 6.07) is 14.6. The monoisotopic (exact) mass is 376 g/mol. The largest absolute Gasteiger partial charge is 0.497 e. The molecular formula is C17H17BrN2O3. The molecule has 1 amide bonds. The van der Waals surface area contributed by atoms with E-state index in [2.05, 4.69) is 33.4 Å². The van der Waals surface area contributed by atoms with Crippen LogP contribution in [0.5, 0.6) is 11.5 Å². The number of halogens is 1. The zero-order chi connectivity index (χ0) is 16.7. The highest BCUT2D eigenvalue weighted by Gasteiger charge is 2.04. The highest BCUT2D eigenvalue weighted by Crippen LogP contribution is 2.17. The molecule has 0 unspecified atom stereocenters. The number of benzene rings is 2. The highest BCUT2D eigenvalue weighted by molar-refractivity contribution is 9.10. The van der Waals surface area contributed by atoms with E-state index < -0.39 is 0 Å². The van der Waals surface area contributed by atoms with Crippen molar-refractivity contribution in [3.8, 4) is 11.5 Å². The average molecular weight is 377 g/mol. The molecule has 5 nitrogen and oxygen atoms in total. The lowest BCUT2D eigenvalue weighted by Gasteiger charge is -2.12. The van der Waals surface area contributed by atoms with Crippen LogP contribution in [-0.2, 0) is 4.79 Å². The molecule has 0 aliphatic carbocycles. The number of hydrogen-bond acceptors (Lipinski definition) is 4. The number of hydrogen-bond donors (Lipinski definition) is 2. The van der Waals surface area contributed by atoms with Crippen LogP contribution in [0.1, 0.15) is 5.56 Å². The van der Waals surface area contributed by atoms with Crippen LogP contribution in [0, 0.1) is 0 Å². The van der Waals surface area contributed by atoms with Gasteiger partial charge >= 0.3 is 0 Å². The number of ether oxygens (including phenoxy) is 2. The van der Waals surface area contributed by atoms with E-state index in [1.165, 1.54) is 0 Å². The predicted octanol–water partition coefficient (Wildman–Crippen LogP) is 3.13. The smallest absolute Gasteiger partial charge is 0.276 e. The van der Waals surface area contributed by atoms with Crippen LogP contribution in [0.25, 0.3) is 5.70 Å². The lowest BCUT2D eigenvalue weighted by Crippen LogP contribution is -2.38. The van der Waals surface area contributed by atoms with Crippen LogP contribution in [-0.4, -0.2) is 19.6 Å². The van der Waals surface area contributed by atoms with Crippen molar-refractivity contribution in [2.45, 2.75) is 0 Å². The van der Waals surface area contributed by atoms with Crippen LogP contribution < -0.4 is 20.3 Å². The number of carbonyl (C=O) groups excluding carboxylic acids is 1. The maximum Gasteiger partial charge on any atom is 0.276 e. The van der Waals surface area contributed by atoms with Gasteiger partial charge in [-0.05, 0) is 42.0 Å². The molecule has 0 saturated heterocycles. The zero-order valence-electron chi connectivity index (χ0n) is 12.6. The highest BCUT2D eigenvalue weighted by atomic mass is 79.9. The number of carbonyl (C=O) groups is 1. The lowest BCUT2D eigenvalue weighted by atomic mass is 10.2. The van der Waals surface area contributed by atoms with E-state index >= 15 is 0 Å². The third-order valence-electron chi connectivity index (χ3n) is 2.96. The summed E-state index contributed by atoms with van der Waals surface area (Å²) in [4.78, 5) is 11.8. The Kier molecular flexibility index (Phi) is 6.05. The topological polar surface area (TPSA) is 59.6 Å². The summed E-state index contributed by atoms with van der Waals surface area (Å²) in [7, 11) is 1.59. The molecule has 2 aromatic rings. The molecule has 6 heteroatoms. The molecule has 0 aliphatic heterocycles. The van der Waals surface area contributed by atoms with Crippen molar-refractivity contribution in [1.82, 2.24) is 10.9 Å². The summed E-state index contributed by atoms with van der Waals surface area (Å²) in [5.41, 5.74) is 6.76. The minimum Gasteiger partial charge on any atom is -0.497 e. The quantitative estimate of drug-likeness (QED) is 0.728. The molecule has 0 aromatic heterocycles. The number of methoxy groups -OCH3 is 1. The van der Waals surface area contributed by atoms with Gasteiger partial charge in [0.15, 0.2) is 6.61 Å². The molecule has 0 heterocycles. The summed E-state index contributed by atoms with van der Waals surface area (Å²) in [5.74, 6) is 1.01. The molecule has 120 valence electrons. The Balaban J connectivity index is 1.77. The van der Waals surface area contributed by atoms with Crippen molar-refractivity contribution in [2.24, 2.45) is 0 Å². The van der Waals surface area contributed by atoms with Gasteiger partial charge in [-0.2, -0.15) is 0 Å². The summed E-state index contributed by atoms with van der Waals surface area (Å²) < 4.78 is 11.4. The molecule has 0 saturated carbocycles. The third-order valence-corrected chi connectivity index (χ3v) is 3.45. The average Bonchev–Trinajstić information content (AvgIpc) is 2.58. The van der Waals surface area contributed by atoms with Crippen molar-refractivity contribution < 1.29 is 14.3 Å². The van der Waals surface area contributed by atoms with Crippen molar-refractivity contribution in [1.29, 1.82) is 0 Å². The molecule has 0 spiro atoms. The summed E-state index contributed by atoms with van der Waals surface area (Å²) in [6.45, 7) is 3.77. The first-order valence-electron chi connectivity index (χ1n) is 6.85. The van der Waals surface area contributed by atoms with E-state index in [4.69, 9.17) is 9.47 Å². The zero-order valence-corrected chi connectivity index (χ0v) is 14.2. The van der Waals surface area contributed by atoms with Gasteiger partial charge in [0, 0.05) is 4.47 Å². The van der Waals surface area contributed by atoms with Crippen LogP contribution >= 0.6 is 15.9 Å². The second-order valence-electron chi connectivity index (χ2n) is 4.63.